The lowest BCUT2D eigenvalue weighted by Gasteiger charge is -2.35. The van der Waals surface area contributed by atoms with Crippen LogP contribution in [0, 0.1) is 5.82 Å². The summed E-state index contributed by atoms with van der Waals surface area (Å²) in [4.78, 5) is 38.0. The van der Waals surface area contributed by atoms with E-state index in [0.717, 1.165) is 4.57 Å². The van der Waals surface area contributed by atoms with E-state index in [1.807, 2.05) is 0 Å². The molecule has 0 unspecified atom stereocenters. The van der Waals surface area contributed by atoms with E-state index in [1.165, 1.54) is 36.2 Å². The van der Waals surface area contributed by atoms with Gasteiger partial charge in [-0.2, -0.15) is 0 Å². The van der Waals surface area contributed by atoms with Crippen molar-refractivity contribution in [3.63, 3.8) is 0 Å². The van der Waals surface area contributed by atoms with E-state index < -0.39 is 18.2 Å². The molecule has 1 aromatic carbocycles. The monoisotopic (exact) mass is 394 g/mol. The Kier molecular flexibility index (Phi) is 5.76. The average molecular weight is 394 g/mol. The number of hydrogen-bond donors (Lipinski definition) is 1. The van der Waals surface area contributed by atoms with Crippen molar-refractivity contribution < 1.29 is 22.8 Å². The van der Waals surface area contributed by atoms with Gasteiger partial charge in [-0.25, -0.2) is 18.1 Å². The zero-order chi connectivity index (χ0) is 20.3. The molecule has 0 bridgehead atoms. The number of carbonyl (C=O) groups excluding carboxylic acids is 2. The van der Waals surface area contributed by atoms with Crippen LogP contribution in [0.15, 0.2) is 33.6 Å². The maximum atomic E-state index is 14.7. The summed E-state index contributed by atoms with van der Waals surface area (Å²) in [6, 6.07) is 4.19. The third kappa shape index (κ3) is 4.21. The van der Waals surface area contributed by atoms with Gasteiger partial charge in [0.2, 0.25) is 11.8 Å². The highest BCUT2D eigenvalue weighted by Crippen LogP contribution is 2.23. The van der Waals surface area contributed by atoms with Crippen LogP contribution in [0.1, 0.15) is 12.7 Å². The van der Waals surface area contributed by atoms with Crippen LogP contribution >= 0.6 is 0 Å². The van der Waals surface area contributed by atoms with Crippen LogP contribution < -0.4 is 16.0 Å². The van der Waals surface area contributed by atoms with Crippen LogP contribution in [0.3, 0.4) is 0 Å². The summed E-state index contributed by atoms with van der Waals surface area (Å²) in [6.45, 7) is 1.47. The van der Waals surface area contributed by atoms with E-state index in [2.05, 4.69) is 5.32 Å². The lowest BCUT2D eigenvalue weighted by Crippen LogP contribution is -2.51. The van der Waals surface area contributed by atoms with Gasteiger partial charge in [0.25, 0.3) is 0 Å². The largest absolute Gasteiger partial charge is 0.423 e. The van der Waals surface area contributed by atoms with Crippen molar-refractivity contribution in [1.29, 1.82) is 0 Å². The molecule has 0 aliphatic carbocycles. The fraction of sp³-hybridized carbons (Fsp3) is 0.389. The van der Waals surface area contributed by atoms with Gasteiger partial charge in [0.05, 0.1) is 30.7 Å². The van der Waals surface area contributed by atoms with Crippen LogP contribution in [0.25, 0.3) is 5.69 Å². The molecule has 1 aliphatic heterocycles. The summed E-state index contributed by atoms with van der Waals surface area (Å²) in [5, 5.41) is 2.51. The van der Waals surface area contributed by atoms with Gasteiger partial charge >= 0.3 is 5.76 Å². The molecule has 0 saturated carbocycles. The molecule has 3 rings (SSSR count). The Morgan fingerprint density at radius 3 is 2.71 bits per heavy atom. The lowest BCUT2D eigenvalue weighted by molar-refractivity contribution is -0.131. The van der Waals surface area contributed by atoms with E-state index in [9.17, 15) is 23.2 Å². The number of hydrogen-bond acceptors (Lipinski definition) is 5. The molecule has 2 aromatic rings. The molecule has 0 atom stereocenters. The topological polar surface area (TPSA) is 87.8 Å². The maximum absolute atomic E-state index is 14.7. The SMILES string of the molecule is CC(=O)NCc1cn(-c2ccc(N3CCN(CCF)C(=O)C3)c(F)c2)c(=O)o1. The Morgan fingerprint density at radius 2 is 2.07 bits per heavy atom. The van der Waals surface area contributed by atoms with Crippen molar-refractivity contribution in [1.82, 2.24) is 14.8 Å². The van der Waals surface area contributed by atoms with Gasteiger partial charge in [-0.1, -0.05) is 0 Å². The van der Waals surface area contributed by atoms with Crippen molar-refractivity contribution in [2.24, 2.45) is 0 Å². The fourth-order valence-electron chi connectivity index (χ4n) is 3.01. The molecule has 0 radical (unpaired) electrons. The van der Waals surface area contributed by atoms with E-state index >= 15 is 0 Å². The number of alkyl halides is 1. The van der Waals surface area contributed by atoms with Crippen LogP contribution in [-0.4, -0.2) is 54.1 Å². The maximum Gasteiger partial charge on any atom is 0.423 e. The molecule has 1 N–H and O–H groups in total. The first-order valence-corrected chi connectivity index (χ1v) is 8.73. The molecule has 28 heavy (non-hydrogen) atoms. The van der Waals surface area contributed by atoms with Gasteiger partial charge in [-0.15, -0.1) is 0 Å². The average Bonchev–Trinajstić information content (AvgIpc) is 3.02. The van der Waals surface area contributed by atoms with E-state index in [-0.39, 0.29) is 48.6 Å². The number of benzene rings is 1. The number of halogens is 2. The van der Waals surface area contributed by atoms with Crippen LogP contribution in [0.2, 0.25) is 0 Å². The van der Waals surface area contributed by atoms with Crippen molar-refractivity contribution in [3.8, 4) is 5.69 Å². The summed E-state index contributed by atoms with van der Waals surface area (Å²) < 4.78 is 33.3. The molecule has 2 amide bonds. The Bertz CT molecular complexity index is 940. The quantitative estimate of drug-likeness (QED) is 0.784. The number of carbonyl (C=O) groups is 2. The molecule has 1 aromatic heterocycles. The van der Waals surface area contributed by atoms with Crippen LogP contribution in [0.5, 0.6) is 0 Å². The number of anilines is 1. The second kappa shape index (κ2) is 8.24. The van der Waals surface area contributed by atoms with Crippen LogP contribution in [-0.2, 0) is 16.1 Å². The summed E-state index contributed by atoms with van der Waals surface area (Å²) in [6.07, 6.45) is 1.38. The number of nitrogens with one attached hydrogen (secondary N) is 1. The number of oxazole rings is 1. The van der Waals surface area contributed by atoms with E-state index in [1.54, 1.807) is 4.90 Å². The molecule has 1 saturated heterocycles. The molecule has 1 aliphatic rings. The number of aromatic nitrogens is 1. The van der Waals surface area contributed by atoms with Gasteiger partial charge in [-0.05, 0) is 12.1 Å². The van der Waals surface area contributed by atoms with Gasteiger partial charge < -0.3 is 19.5 Å². The zero-order valence-electron chi connectivity index (χ0n) is 15.3. The minimum atomic E-state index is -0.706. The van der Waals surface area contributed by atoms with Gasteiger partial charge in [0, 0.05) is 32.6 Å². The predicted molar refractivity (Wildman–Crippen MR) is 96.6 cm³/mol. The highest BCUT2D eigenvalue weighted by atomic mass is 19.1. The normalized spacial score (nSPS) is 14.5. The Hall–Kier alpha value is -3.17. The molecule has 10 heteroatoms. The molecule has 150 valence electrons. The smallest absolute Gasteiger partial charge is 0.411 e. The molecular weight excluding hydrogens is 374 g/mol. The van der Waals surface area contributed by atoms with Crippen molar-refractivity contribution in [2.75, 3.05) is 37.8 Å². The number of nitrogens with zero attached hydrogens (tertiary/aromatic N) is 3. The third-order valence-corrected chi connectivity index (χ3v) is 4.42. The van der Waals surface area contributed by atoms with Crippen molar-refractivity contribution in [3.05, 3.63) is 46.5 Å². The molecular formula is C18H20F2N4O4. The Labute approximate surface area is 159 Å². The highest BCUT2D eigenvalue weighted by Gasteiger charge is 2.25. The van der Waals surface area contributed by atoms with Crippen molar-refractivity contribution >= 4 is 17.5 Å². The first-order valence-electron chi connectivity index (χ1n) is 8.73. The Morgan fingerprint density at radius 1 is 1.29 bits per heavy atom. The summed E-state index contributed by atoms with van der Waals surface area (Å²) in [7, 11) is 0. The summed E-state index contributed by atoms with van der Waals surface area (Å²) in [5.41, 5.74) is 0.485. The first-order chi connectivity index (χ1) is 13.4. The molecule has 8 nitrogen and oxygen atoms in total. The molecule has 1 fully saturated rings. The standard InChI is InChI=1S/C18H20F2N4O4/c1-12(25)21-9-14-10-24(18(27)28-14)13-2-3-16(15(20)8-13)23-7-6-22(5-4-19)17(26)11-23/h2-3,8,10H,4-7,9,11H2,1H3,(H,21,25). The summed E-state index contributed by atoms with van der Waals surface area (Å²) >= 11 is 0. The molecule has 2 heterocycles. The fourth-order valence-corrected chi connectivity index (χ4v) is 3.01. The summed E-state index contributed by atoms with van der Waals surface area (Å²) in [5.74, 6) is -1.60. The molecule has 0 spiro atoms. The third-order valence-electron chi connectivity index (χ3n) is 4.42. The zero-order valence-corrected chi connectivity index (χ0v) is 15.3. The second-order valence-electron chi connectivity index (χ2n) is 6.37. The van der Waals surface area contributed by atoms with Crippen LogP contribution in [0.4, 0.5) is 14.5 Å². The first kappa shape index (κ1) is 19.6. The van der Waals surface area contributed by atoms with E-state index in [4.69, 9.17) is 4.42 Å². The number of rotatable bonds is 6. The number of piperazine rings is 1. The minimum absolute atomic E-state index is 0.0389. The van der Waals surface area contributed by atoms with E-state index in [0.29, 0.717) is 13.1 Å². The predicted octanol–water partition coefficient (Wildman–Crippen LogP) is 0.824. The highest BCUT2D eigenvalue weighted by molar-refractivity contribution is 5.83. The minimum Gasteiger partial charge on any atom is -0.411 e. The Balaban J connectivity index is 1.77. The van der Waals surface area contributed by atoms with Gasteiger partial charge in [0.1, 0.15) is 18.3 Å². The number of amides is 2. The lowest BCUT2D eigenvalue weighted by atomic mass is 10.2. The second-order valence-corrected chi connectivity index (χ2v) is 6.37. The van der Waals surface area contributed by atoms with Gasteiger partial charge in [-0.3, -0.25) is 9.59 Å². The van der Waals surface area contributed by atoms with Gasteiger partial charge in [0.15, 0.2) is 0 Å². The van der Waals surface area contributed by atoms with Crippen molar-refractivity contribution in [2.45, 2.75) is 13.5 Å².